The lowest BCUT2D eigenvalue weighted by Gasteiger charge is -2.36. The van der Waals surface area contributed by atoms with Crippen LogP contribution in [0.1, 0.15) is 38.3 Å². The van der Waals surface area contributed by atoms with Gasteiger partial charge in [0.15, 0.2) is 0 Å². The summed E-state index contributed by atoms with van der Waals surface area (Å²) >= 11 is 12.1. The quantitative estimate of drug-likeness (QED) is 0.844. The molecule has 1 aromatic carbocycles. The van der Waals surface area contributed by atoms with Gasteiger partial charge in [0.05, 0.1) is 0 Å². The summed E-state index contributed by atoms with van der Waals surface area (Å²) in [5.74, 6) is 0.861. The summed E-state index contributed by atoms with van der Waals surface area (Å²) in [6.45, 7) is 4.43. The van der Waals surface area contributed by atoms with Gasteiger partial charge in [-0.05, 0) is 49.4 Å². The van der Waals surface area contributed by atoms with Crippen LogP contribution in [0, 0.1) is 5.92 Å². The molecule has 1 aliphatic carbocycles. The molecule has 1 fully saturated rings. The minimum absolute atomic E-state index is 0.267. The van der Waals surface area contributed by atoms with Gasteiger partial charge in [-0.1, -0.05) is 30.1 Å². The lowest BCUT2D eigenvalue weighted by molar-refractivity contribution is 0.226. The molecule has 0 aliphatic heterocycles. The fourth-order valence-electron chi connectivity index (χ4n) is 2.33. The Morgan fingerprint density at radius 2 is 2.00 bits per heavy atom. The molecule has 0 saturated heterocycles. The average Bonchev–Trinajstić information content (AvgIpc) is 2.19. The first kappa shape index (κ1) is 12.2. The van der Waals surface area contributed by atoms with Gasteiger partial charge in [0.2, 0.25) is 0 Å². The van der Waals surface area contributed by atoms with Crippen molar-refractivity contribution in [2.45, 2.75) is 38.8 Å². The van der Waals surface area contributed by atoms with Gasteiger partial charge in [-0.25, -0.2) is 0 Å². The topological polar surface area (TPSA) is 12.0 Å². The molecule has 0 radical (unpaired) electrons. The highest BCUT2D eigenvalue weighted by Gasteiger charge is 2.26. The zero-order chi connectivity index (χ0) is 11.7. The molecular formula is C13H17Cl2N. The normalized spacial score (nSPS) is 26.2. The number of nitrogens with one attached hydrogen (secondary N) is 1. The van der Waals surface area contributed by atoms with Crippen LogP contribution in [0.5, 0.6) is 0 Å². The Balaban J connectivity index is 2.02. The van der Waals surface area contributed by atoms with Crippen LogP contribution in [0.25, 0.3) is 0 Å². The summed E-state index contributed by atoms with van der Waals surface area (Å²) in [5, 5.41) is 5.12. The van der Waals surface area contributed by atoms with E-state index >= 15 is 0 Å². The van der Waals surface area contributed by atoms with Gasteiger partial charge in [0.25, 0.3) is 0 Å². The third kappa shape index (κ3) is 2.71. The molecule has 16 heavy (non-hydrogen) atoms. The Morgan fingerprint density at radius 1 is 1.31 bits per heavy atom. The number of benzene rings is 1. The standard InChI is InChI=1S/C13H17Cl2N/c1-8-5-11(6-8)16-9(2)12-7-10(14)3-4-13(12)15/h3-4,7-9,11,16H,5-6H2,1-2H3. The van der Waals surface area contributed by atoms with Crippen LogP contribution < -0.4 is 5.32 Å². The molecule has 0 heterocycles. The van der Waals surface area contributed by atoms with E-state index in [0.29, 0.717) is 6.04 Å². The highest BCUT2D eigenvalue weighted by atomic mass is 35.5. The number of hydrogen-bond donors (Lipinski definition) is 1. The predicted octanol–water partition coefficient (Wildman–Crippen LogP) is 4.44. The second kappa shape index (κ2) is 4.95. The first-order chi connectivity index (χ1) is 7.56. The van der Waals surface area contributed by atoms with Gasteiger partial charge in [-0.2, -0.15) is 0 Å². The van der Waals surface area contributed by atoms with Crippen molar-refractivity contribution >= 4 is 23.2 Å². The Morgan fingerprint density at radius 3 is 2.62 bits per heavy atom. The van der Waals surface area contributed by atoms with Crippen LogP contribution in [0.4, 0.5) is 0 Å². The van der Waals surface area contributed by atoms with Crippen molar-refractivity contribution in [3.05, 3.63) is 33.8 Å². The summed E-state index contributed by atoms with van der Waals surface area (Å²) in [6, 6.07) is 6.54. The highest BCUT2D eigenvalue weighted by Crippen LogP contribution is 2.31. The van der Waals surface area contributed by atoms with Gasteiger partial charge in [-0.3, -0.25) is 0 Å². The minimum atomic E-state index is 0.267. The van der Waals surface area contributed by atoms with E-state index in [-0.39, 0.29) is 6.04 Å². The molecule has 2 rings (SSSR count). The first-order valence-electron chi connectivity index (χ1n) is 5.77. The molecule has 0 amide bonds. The molecule has 1 aliphatic rings. The average molecular weight is 258 g/mol. The van der Waals surface area contributed by atoms with Crippen LogP contribution in [0.2, 0.25) is 10.0 Å². The van der Waals surface area contributed by atoms with Gasteiger partial charge >= 0.3 is 0 Å². The van der Waals surface area contributed by atoms with Crippen molar-refractivity contribution in [3.8, 4) is 0 Å². The van der Waals surface area contributed by atoms with E-state index in [0.717, 1.165) is 21.5 Å². The summed E-state index contributed by atoms with van der Waals surface area (Å²) in [5.41, 5.74) is 1.09. The molecular weight excluding hydrogens is 241 g/mol. The van der Waals surface area contributed by atoms with E-state index in [4.69, 9.17) is 23.2 Å². The highest BCUT2D eigenvalue weighted by molar-refractivity contribution is 6.33. The molecule has 3 heteroatoms. The maximum Gasteiger partial charge on any atom is 0.0454 e. The second-order valence-electron chi connectivity index (χ2n) is 4.83. The molecule has 1 N–H and O–H groups in total. The fraction of sp³-hybridized carbons (Fsp3) is 0.538. The van der Waals surface area contributed by atoms with Crippen LogP contribution in [0.3, 0.4) is 0 Å². The third-order valence-corrected chi connectivity index (χ3v) is 3.86. The van der Waals surface area contributed by atoms with Crippen molar-refractivity contribution in [1.29, 1.82) is 0 Å². The van der Waals surface area contributed by atoms with Crippen molar-refractivity contribution in [1.82, 2.24) is 5.32 Å². The minimum Gasteiger partial charge on any atom is -0.307 e. The maximum atomic E-state index is 6.17. The number of rotatable bonds is 3. The monoisotopic (exact) mass is 257 g/mol. The predicted molar refractivity (Wildman–Crippen MR) is 70.2 cm³/mol. The Labute approximate surface area is 107 Å². The van der Waals surface area contributed by atoms with E-state index < -0.39 is 0 Å². The Bertz CT molecular complexity index is 372. The summed E-state index contributed by atoms with van der Waals surface area (Å²) in [6.07, 6.45) is 2.53. The van der Waals surface area contributed by atoms with Crippen molar-refractivity contribution < 1.29 is 0 Å². The smallest absolute Gasteiger partial charge is 0.0454 e. The maximum absolute atomic E-state index is 6.17. The molecule has 88 valence electrons. The molecule has 0 spiro atoms. The Hall–Kier alpha value is -0.240. The van der Waals surface area contributed by atoms with E-state index in [1.54, 1.807) is 0 Å². The molecule has 1 nitrogen and oxygen atoms in total. The number of halogens is 2. The zero-order valence-corrected chi connectivity index (χ0v) is 11.1. The summed E-state index contributed by atoms with van der Waals surface area (Å²) < 4.78 is 0. The van der Waals surface area contributed by atoms with E-state index in [9.17, 15) is 0 Å². The molecule has 1 aromatic rings. The van der Waals surface area contributed by atoms with E-state index in [1.807, 2.05) is 18.2 Å². The second-order valence-corrected chi connectivity index (χ2v) is 5.67. The van der Waals surface area contributed by atoms with Crippen LogP contribution >= 0.6 is 23.2 Å². The van der Waals surface area contributed by atoms with Crippen LogP contribution in [0.15, 0.2) is 18.2 Å². The summed E-state index contributed by atoms with van der Waals surface area (Å²) in [4.78, 5) is 0. The molecule has 0 aromatic heterocycles. The zero-order valence-electron chi connectivity index (χ0n) is 9.63. The lowest BCUT2D eigenvalue weighted by Crippen LogP contribution is -2.41. The van der Waals surface area contributed by atoms with E-state index in [1.165, 1.54) is 12.8 Å². The SMILES string of the molecule is CC1CC(NC(C)c2cc(Cl)ccc2Cl)C1. The first-order valence-corrected chi connectivity index (χ1v) is 6.53. The van der Waals surface area contributed by atoms with Gasteiger partial charge < -0.3 is 5.32 Å². The van der Waals surface area contributed by atoms with Gasteiger partial charge in [-0.15, -0.1) is 0 Å². The largest absolute Gasteiger partial charge is 0.307 e. The lowest BCUT2D eigenvalue weighted by atomic mass is 9.81. The van der Waals surface area contributed by atoms with Crippen LogP contribution in [-0.2, 0) is 0 Å². The van der Waals surface area contributed by atoms with E-state index in [2.05, 4.69) is 19.2 Å². The van der Waals surface area contributed by atoms with Crippen molar-refractivity contribution in [2.24, 2.45) is 5.92 Å². The fourth-order valence-corrected chi connectivity index (χ4v) is 2.79. The molecule has 0 bridgehead atoms. The Kier molecular flexibility index (Phi) is 3.78. The van der Waals surface area contributed by atoms with Gasteiger partial charge in [0, 0.05) is 22.1 Å². The molecule has 1 unspecified atom stereocenters. The van der Waals surface area contributed by atoms with Crippen molar-refractivity contribution in [2.75, 3.05) is 0 Å². The molecule has 1 saturated carbocycles. The molecule has 1 atom stereocenters. The summed E-state index contributed by atoms with van der Waals surface area (Å²) in [7, 11) is 0. The van der Waals surface area contributed by atoms with Crippen LogP contribution in [-0.4, -0.2) is 6.04 Å². The number of hydrogen-bond acceptors (Lipinski definition) is 1. The van der Waals surface area contributed by atoms with Crippen molar-refractivity contribution in [3.63, 3.8) is 0 Å². The van der Waals surface area contributed by atoms with Gasteiger partial charge in [0.1, 0.15) is 0 Å². The third-order valence-electron chi connectivity index (χ3n) is 3.28.